The summed E-state index contributed by atoms with van der Waals surface area (Å²) in [4.78, 5) is 16.0. The third-order valence-corrected chi connectivity index (χ3v) is 4.32. The molecule has 0 saturated heterocycles. The van der Waals surface area contributed by atoms with Crippen molar-refractivity contribution in [2.75, 3.05) is 7.11 Å². The molecule has 2 aromatic heterocycles. The van der Waals surface area contributed by atoms with Crippen molar-refractivity contribution in [3.8, 4) is 5.75 Å². The van der Waals surface area contributed by atoms with Gasteiger partial charge in [0.05, 0.1) is 13.3 Å². The minimum Gasteiger partial charge on any atom is -0.497 e. The normalized spacial score (nSPS) is 11.0. The number of hydrogen-bond donors (Lipinski definition) is 0. The van der Waals surface area contributed by atoms with E-state index >= 15 is 0 Å². The molecule has 0 radical (unpaired) electrons. The Kier molecular flexibility index (Phi) is 3.70. The van der Waals surface area contributed by atoms with E-state index in [4.69, 9.17) is 4.74 Å². The third-order valence-electron chi connectivity index (χ3n) is 3.27. The highest BCUT2D eigenvalue weighted by Gasteiger charge is 2.07. The summed E-state index contributed by atoms with van der Waals surface area (Å²) in [5.41, 5.74) is 1.91. The molecule has 0 fully saturated rings. The number of thioether (sulfide) groups is 1. The zero-order chi connectivity index (χ0) is 14.8. The monoisotopic (exact) mass is 301 g/mol. The molecule has 6 heteroatoms. The zero-order valence-corrected chi connectivity index (χ0v) is 12.6. The topological polar surface area (TPSA) is 48.5 Å². The average Bonchev–Trinajstić information content (AvgIpc) is 2.93. The van der Waals surface area contributed by atoms with Gasteiger partial charge in [-0.25, -0.2) is 14.2 Å². The van der Waals surface area contributed by atoms with Crippen LogP contribution in [0.2, 0.25) is 0 Å². The molecule has 3 aromatic rings. The number of aryl methyl sites for hydroxylation is 1. The number of ether oxygens (including phenoxy) is 1. The minimum absolute atomic E-state index is 0.0493. The number of imidazole rings is 1. The number of methoxy groups -OCH3 is 1. The highest BCUT2D eigenvalue weighted by atomic mass is 32.2. The van der Waals surface area contributed by atoms with E-state index in [2.05, 4.69) is 4.98 Å². The molecular weight excluding hydrogens is 286 g/mol. The van der Waals surface area contributed by atoms with Crippen molar-refractivity contribution in [2.24, 2.45) is 7.05 Å². The molecule has 2 heterocycles. The van der Waals surface area contributed by atoms with Gasteiger partial charge in [0.2, 0.25) is 0 Å². The fraction of sp³-hybridized carbons (Fsp3) is 0.200. The first-order valence-electron chi connectivity index (χ1n) is 6.48. The lowest BCUT2D eigenvalue weighted by Gasteiger charge is -2.07. The minimum atomic E-state index is -0.0493. The predicted octanol–water partition coefficient (Wildman–Crippen LogP) is 2.33. The Morgan fingerprint density at radius 3 is 2.67 bits per heavy atom. The van der Waals surface area contributed by atoms with E-state index in [9.17, 15) is 4.79 Å². The second-order valence-corrected chi connectivity index (χ2v) is 5.59. The summed E-state index contributed by atoms with van der Waals surface area (Å²) in [6.07, 6.45) is 1.79. The van der Waals surface area contributed by atoms with Gasteiger partial charge in [0.1, 0.15) is 10.8 Å². The smallest absolute Gasteiger partial charge is 0.265 e. The van der Waals surface area contributed by atoms with E-state index in [0.717, 1.165) is 22.2 Å². The maximum atomic E-state index is 11.7. The molecule has 0 aliphatic carbocycles. The van der Waals surface area contributed by atoms with E-state index in [1.807, 2.05) is 28.8 Å². The van der Waals surface area contributed by atoms with Gasteiger partial charge in [-0.3, -0.25) is 4.79 Å². The number of hydrogen-bond acceptors (Lipinski definition) is 4. The quantitative estimate of drug-likeness (QED) is 0.694. The number of rotatable bonds is 4. The van der Waals surface area contributed by atoms with Gasteiger partial charge in [-0.15, -0.1) is 11.8 Å². The van der Waals surface area contributed by atoms with Crippen LogP contribution in [0.5, 0.6) is 5.75 Å². The van der Waals surface area contributed by atoms with E-state index < -0.39 is 0 Å². The van der Waals surface area contributed by atoms with Crippen LogP contribution in [-0.4, -0.2) is 21.3 Å². The summed E-state index contributed by atoms with van der Waals surface area (Å²) in [6.45, 7) is 0. The second kappa shape index (κ2) is 5.65. The van der Waals surface area contributed by atoms with Crippen molar-refractivity contribution < 1.29 is 4.74 Å². The maximum Gasteiger partial charge on any atom is 0.265 e. The van der Waals surface area contributed by atoms with Crippen molar-refractivity contribution in [3.63, 3.8) is 0 Å². The summed E-state index contributed by atoms with van der Waals surface area (Å²) in [5.74, 6) is 1.65. The van der Waals surface area contributed by atoms with Gasteiger partial charge in [-0.05, 0) is 23.8 Å². The van der Waals surface area contributed by atoms with Gasteiger partial charge in [0.15, 0.2) is 5.65 Å². The SMILES string of the molecule is COc1ccc(CSc2cnc3ccc(=O)n(C)n23)cc1. The van der Waals surface area contributed by atoms with Crippen molar-refractivity contribution in [3.05, 3.63) is 58.5 Å². The molecule has 0 atom stereocenters. The molecule has 0 saturated carbocycles. The van der Waals surface area contributed by atoms with E-state index in [0.29, 0.717) is 0 Å². The first-order valence-corrected chi connectivity index (χ1v) is 7.47. The molecular formula is C15H15N3O2S. The van der Waals surface area contributed by atoms with Crippen molar-refractivity contribution in [1.82, 2.24) is 14.2 Å². The Morgan fingerprint density at radius 1 is 1.19 bits per heavy atom. The van der Waals surface area contributed by atoms with E-state index in [1.165, 1.54) is 11.6 Å². The van der Waals surface area contributed by atoms with Crippen LogP contribution in [0.25, 0.3) is 5.65 Å². The number of fused-ring (bicyclic) bond motifs is 1. The zero-order valence-electron chi connectivity index (χ0n) is 11.8. The Bertz CT molecular complexity index is 821. The van der Waals surface area contributed by atoms with Crippen LogP contribution < -0.4 is 10.3 Å². The van der Waals surface area contributed by atoms with Crippen LogP contribution in [-0.2, 0) is 12.8 Å². The molecule has 0 bridgehead atoms. The first kappa shape index (κ1) is 13.8. The Hall–Kier alpha value is -2.21. The maximum absolute atomic E-state index is 11.7. The standard InChI is InChI=1S/C15H15N3O2S/c1-17-14(19)8-7-13-16-9-15(18(13)17)21-10-11-3-5-12(20-2)6-4-11/h3-9H,10H2,1-2H3. The number of benzene rings is 1. The van der Waals surface area contributed by atoms with Crippen LogP contribution in [0.4, 0.5) is 0 Å². The predicted molar refractivity (Wildman–Crippen MR) is 83.0 cm³/mol. The van der Waals surface area contributed by atoms with Crippen LogP contribution in [0.1, 0.15) is 5.56 Å². The fourth-order valence-electron chi connectivity index (χ4n) is 2.09. The van der Waals surface area contributed by atoms with Gasteiger partial charge in [-0.2, -0.15) is 0 Å². The van der Waals surface area contributed by atoms with Crippen molar-refractivity contribution in [1.29, 1.82) is 0 Å². The van der Waals surface area contributed by atoms with E-state index in [-0.39, 0.29) is 5.56 Å². The average molecular weight is 301 g/mol. The second-order valence-electron chi connectivity index (χ2n) is 4.60. The highest BCUT2D eigenvalue weighted by molar-refractivity contribution is 7.98. The van der Waals surface area contributed by atoms with Crippen molar-refractivity contribution >= 4 is 17.4 Å². The largest absolute Gasteiger partial charge is 0.497 e. The summed E-state index contributed by atoms with van der Waals surface area (Å²) in [5, 5.41) is 0.945. The molecule has 108 valence electrons. The molecule has 0 N–H and O–H groups in total. The van der Waals surface area contributed by atoms with Gasteiger partial charge in [0, 0.05) is 18.9 Å². The number of nitrogens with zero attached hydrogens (tertiary/aromatic N) is 3. The molecule has 21 heavy (non-hydrogen) atoms. The Balaban J connectivity index is 1.85. The summed E-state index contributed by atoms with van der Waals surface area (Å²) in [6, 6.07) is 11.2. The Labute approximate surface area is 126 Å². The molecule has 3 rings (SSSR count). The number of aromatic nitrogens is 3. The van der Waals surface area contributed by atoms with Crippen LogP contribution in [0, 0.1) is 0 Å². The Morgan fingerprint density at radius 2 is 1.95 bits per heavy atom. The van der Waals surface area contributed by atoms with Gasteiger partial charge >= 0.3 is 0 Å². The van der Waals surface area contributed by atoms with Crippen LogP contribution >= 0.6 is 11.8 Å². The van der Waals surface area contributed by atoms with Gasteiger partial charge in [0.25, 0.3) is 5.56 Å². The molecule has 0 amide bonds. The first-order chi connectivity index (χ1) is 10.2. The molecule has 5 nitrogen and oxygen atoms in total. The third kappa shape index (κ3) is 2.67. The van der Waals surface area contributed by atoms with Crippen molar-refractivity contribution in [2.45, 2.75) is 10.8 Å². The summed E-state index contributed by atoms with van der Waals surface area (Å²) < 4.78 is 8.55. The van der Waals surface area contributed by atoms with Gasteiger partial charge in [-0.1, -0.05) is 12.1 Å². The summed E-state index contributed by atoms with van der Waals surface area (Å²) in [7, 11) is 3.40. The molecule has 0 aliphatic heterocycles. The molecule has 0 spiro atoms. The highest BCUT2D eigenvalue weighted by Crippen LogP contribution is 2.24. The molecule has 0 aliphatic rings. The summed E-state index contributed by atoms with van der Waals surface area (Å²) >= 11 is 1.65. The van der Waals surface area contributed by atoms with Crippen LogP contribution in [0.3, 0.4) is 0 Å². The lowest BCUT2D eigenvalue weighted by molar-refractivity contribution is 0.414. The van der Waals surface area contributed by atoms with Gasteiger partial charge < -0.3 is 4.74 Å². The molecule has 0 unspecified atom stereocenters. The molecule has 1 aromatic carbocycles. The van der Waals surface area contributed by atoms with Crippen LogP contribution in [0.15, 0.2) is 52.4 Å². The lowest BCUT2D eigenvalue weighted by atomic mass is 10.2. The fourth-order valence-corrected chi connectivity index (χ4v) is 3.06. The lowest BCUT2D eigenvalue weighted by Crippen LogP contribution is -2.21. The van der Waals surface area contributed by atoms with E-state index in [1.54, 1.807) is 42.9 Å².